The average molecular weight is 154 g/mol. The number of carbonyl (C=O) groups is 2. The molecule has 1 rings (SSSR count). The SMILES string of the molecule is CC1=CN(C)C(=O)C(N)C1=O. The van der Waals surface area contributed by atoms with Crippen LogP contribution in [0.3, 0.4) is 0 Å². The molecule has 0 aliphatic carbocycles. The van der Waals surface area contributed by atoms with Gasteiger partial charge in [-0.15, -0.1) is 0 Å². The van der Waals surface area contributed by atoms with Gasteiger partial charge in [0.1, 0.15) is 6.04 Å². The molecule has 1 aliphatic heterocycles. The van der Waals surface area contributed by atoms with Crippen LogP contribution < -0.4 is 5.73 Å². The molecule has 0 aromatic carbocycles. The van der Waals surface area contributed by atoms with Gasteiger partial charge in [0.25, 0.3) is 5.91 Å². The van der Waals surface area contributed by atoms with Gasteiger partial charge in [-0.05, 0) is 6.92 Å². The standard InChI is InChI=1S/C7H10N2O2/c1-4-3-9(2)7(11)5(8)6(4)10/h3,5H,8H2,1-2H3. The van der Waals surface area contributed by atoms with Crippen LogP contribution in [-0.2, 0) is 9.59 Å². The maximum atomic E-state index is 11.0. The number of hydrogen-bond donors (Lipinski definition) is 1. The Bertz CT molecular complexity index is 245. The van der Waals surface area contributed by atoms with Crippen molar-refractivity contribution in [3.8, 4) is 0 Å². The van der Waals surface area contributed by atoms with Gasteiger partial charge in [0.2, 0.25) is 0 Å². The molecule has 0 aromatic heterocycles. The molecule has 1 atom stereocenters. The van der Waals surface area contributed by atoms with Crippen LogP contribution in [0.2, 0.25) is 0 Å². The summed E-state index contributed by atoms with van der Waals surface area (Å²) in [4.78, 5) is 23.4. The maximum absolute atomic E-state index is 11.0. The number of nitrogens with two attached hydrogens (primary N) is 1. The van der Waals surface area contributed by atoms with Crippen LogP contribution >= 0.6 is 0 Å². The lowest BCUT2D eigenvalue weighted by Crippen LogP contribution is -2.48. The lowest BCUT2D eigenvalue weighted by molar-refractivity contribution is -0.134. The summed E-state index contributed by atoms with van der Waals surface area (Å²) in [6.45, 7) is 1.64. The van der Waals surface area contributed by atoms with Crippen molar-refractivity contribution in [3.63, 3.8) is 0 Å². The third-order valence-corrected chi connectivity index (χ3v) is 1.67. The Kier molecular flexibility index (Phi) is 1.78. The van der Waals surface area contributed by atoms with Gasteiger partial charge in [0, 0.05) is 18.8 Å². The smallest absolute Gasteiger partial charge is 0.251 e. The van der Waals surface area contributed by atoms with Crippen LogP contribution in [0.15, 0.2) is 11.8 Å². The number of ketones is 1. The van der Waals surface area contributed by atoms with Gasteiger partial charge in [0.05, 0.1) is 0 Å². The Morgan fingerprint density at radius 3 is 2.64 bits per heavy atom. The minimum absolute atomic E-state index is 0.284. The summed E-state index contributed by atoms with van der Waals surface area (Å²) in [6, 6.07) is -0.995. The zero-order chi connectivity index (χ0) is 8.59. The highest BCUT2D eigenvalue weighted by Crippen LogP contribution is 2.08. The van der Waals surface area contributed by atoms with Gasteiger partial charge in [-0.3, -0.25) is 9.59 Å². The van der Waals surface area contributed by atoms with E-state index < -0.39 is 6.04 Å². The van der Waals surface area contributed by atoms with E-state index in [0.29, 0.717) is 5.57 Å². The van der Waals surface area contributed by atoms with Crippen molar-refractivity contribution in [1.82, 2.24) is 4.90 Å². The highest BCUT2D eigenvalue weighted by molar-refractivity contribution is 6.15. The number of rotatable bonds is 0. The van der Waals surface area contributed by atoms with Gasteiger partial charge in [-0.2, -0.15) is 0 Å². The number of amides is 1. The molecule has 4 heteroatoms. The Labute approximate surface area is 64.7 Å². The number of nitrogens with zero attached hydrogens (tertiary/aromatic N) is 1. The molecule has 0 bridgehead atoms. The van der Waals surface area contributed by atoms with Crippen LogP contribution in [0, 0.1) is 0 Å². The first-order chi connectivity index (χ1) is 5.04. The zero-order valence-electron chi connectivity index (χ0n) is 6.50. The van der Waals surface area contributed by atoms with Gasteiger partial charge in [-0.25, -0.2) is 0 Å². The highest BCUT2D eigenvalue weighted by Gasteiger charge is 2.29. The molecule has 1 unspecified atom stereocenters. The number of likely N-dealkylation sites (N-methyl/N-ethyl adjacent to an activating group) is 1. The molecule has 11 heavy (non-hydrogen) atoms. The molecule has 60 valence electrons. The van der Waals surface area contributed by atoms with Gasteiger partial charge < -0.3 is 10.6 Å². The maximum Gasteiger partial charge on any atom is 0.251 e. The van der Waals surface area contributed by atoms with Crippen molar-refractivity contribution < 1.29 is 9.59 Å². The monoisotopic (exact) mass is 154 g/mol. The van der Waals surface area contributed by atoms with Crippen molar-refractivity contribution in [3.05, 3.63) is 11.8 Å². The highest BCUT2D eigenvalue weighted by atomic mass is 16.2. The van der Waals surface area contributed by atoms with Crippen molar-refractivity contribution >= 4 is 11.7 Å². The molecule has 0 fully saturated rings. The largest absolute Gasteiger partial charge is 0.320 e. The van der Waals surface area contributed by atoms with Crippen molar-refractivity contribution in [2.75, 3.05) is 7.05 Å². The van der Waals surface area contributed by atoms with Crippen LogP contribution in [-0.4, -0.2) is 29.7 Å². The predicted molar refractivity (Wildman–Crippen MR) is 39.5 cm³/mol. The minimum Gasteiger partial charge on any atom is -0.320 e. The fraction of sp³-hybridized carbons (Fsp3) is 0.429. The van der Waals surface area contributed by atoms with Gasteiger partial charge in [-0.1, -0.05) is 0 Å². The van der Waals surface area contributed by atoms with Crippen LogP contribution in [0.25, 0.3) is 0 Å². The summed E-state index contributed by atoms with van der Waals surface area (Å²) in [5.74, 6) is -0.631. The predicted octanol–water partition coefficient (Wildman–Crippen LogP) is -0.741. The van der Waals surface area contributed by atoms with Crippen molar-refractivity contribution in [1.29, 1.82) is 0 Å². The van der Waals surface area contributed by atoms with Crippen LogP contribution in [0.4, 0.5) is 0 Å². The van der Waals surface area contributed by atoms with Crippen LogP contribution in [0.1, 0.15) is 6.92 Å². The summed E-state index contributed by atoms with van der Waals surface area (Å²) < 4.78 is 0. The van der Waals surface area contributed by atoms with E-state index in [2.05, 4.69) is 0 Å². The summed E-state index contributed by atoms with van der Waals surface area (Å²) in [5.41, 5.74) is 5.85. The first-order valence-corrected chi connectivity index (χ1v) is 3.29. The summed E-state index contributed by atoms with van der Waals surface area (Å²) in [6.07, 6.45) is 1.49. The third kappa shape index (κ3) is 1.17. The lowest BCUT2D eigenvalue weighted by Gasteiger charge is -2.22. The van der Waals surface area contributed by atoms with Crippen molar-refractivity contribution in [2.24, 2.45) is 5.73 Å². The first-order valence-electron chi connectivity index (χ1n) is 3.29. The first kappa shape index (κ1) is 7.94. The van der Waals surface area contributed by atoms with Crippen LogP contribution in [0.5, 0.6) is 0 Å². The Morgan fingerprint density at radius 1 is 1.55 bits per heavy atom. The van der Waals surface area contributed by atoms with E-state index in [0.717, 1.165) is 0 Å². The van der Waals surface area contributed by atoms with Crippen molar-refractivity contribution in [2.45, 2.75) is 13.0 Å². The summed E-state index contributed by atoms with van der Waals surface area (Å²) >= 11 is 0. The molecule has 0 spiro atoms. The second-order valence-corrected chi connectivity index (χ2v) is 2.60. The lowest BCUT2D eigenvalue weighted by atomic mass is 10.0. The summed E-state index contributed by atoms with van der Waals surface area (Å²) in [7, 11) is 1.58. The molecule has 0 saturated carbocycles. The van der Waals surface area contributed by atoms with E-state index >= 15 is 0 Å². The minimum atomic E-state index is -0.995. The molecule has 2 N–H and O–H groups in total. The van der Waals surface area contributed by atoms with E-state index in [1.807, 2.05) is 0 Å². The van der Waals surface area contributed by atoms with E-state index in [9.17, 15) is 9.59 Å². The molecule has 0 aromatic rings. The molecular formula is C7H10N2O2. The molecule has 1 aliphatic rings. The molecule has 1 amide bonds. The second kappa shape index (κ2) is 2.47. The normalized spacial score (nSPS) is 25.5. The topological polar surface area (TPSA) is 63.4 Å². The Morgan fingerprint density at radius 2 is 2.09 bits per heavy atom. The van der Waals surface area contributed by atoms with E-state index in [4.69, 9.17) is 5.73 Å². The molecule has 4 nitrogen and oxygen atoms in total. The van der Waals surface area contributed by atoms with Gasteiger partial charge in [0.15, 0.2) is 5.78 Å². The molecule has 0 radical (unpaired) electrons. The second-order valence-electron chi connectivity index (χ2n) is 2.60. The fourth-order valence-electron chi connectivity index (χ4n) is 0.995. The van der Waals surface area contributed by atoms with E-state index in [-0.39, 0.29) is 11.7 Å². The molecular weight excluding hydrogens is 144 g/mol. The molecule has 0 saturated heterocycles. The number of carbonyl (C=O) groups excluding carboxylic acids is 2. The molecule has 1 heterocycles. The third-order valence-electron chi connectivity index (χ3n) is 1.67. The Hall–Kier alpha value is -1.16. The number of Topliss-reactive ketones (excluding diaryl/α,β-unsaturated/α-hetero) is 1. The zero-order valence-corrected chi connectivity index (χ0v) is 6.50. The fourth-order valence-corrected chi connectivity index (χ4v) is 0.995. The Balaban J connectivity index is 3.01. The average Bonchev–Trinajstić information content (AvgIpc) is 1.97. The quantitative estimate of drug-likeness (QED) is 0.467. The van der Waals surface area contributed by atoms with Gasteiger partial charge >= 0.3 is 0 Å². The summed E-state index contributed by atoms with van der Waals surface area (Å²) in [5, 5.41) is 0. The van der Waals surface area contributed by atoms with E-state index in [1.54, 1.807) is 14.0 Å². The van der Waals surface area contributed by atoms with E-state index in [1.165, 1.54) is 11.1 Å². The number of hydrogen-bond acceptors (Lipinski definition) is 3.